The minimum Gasteiger partial charge on any atom is -0.497 e. The summed E-state index contributed by atoms with van der Waals surface area (Å²) in [6.45, 7) is 0.455. The number of thiazole rings is 1. The lowest BCUT2D eigenvalue weighted by atomic mass is 9.83. The van der Waals surface area contributed by atoms with Gasteiger partial charge in [0.05, 0.1) is 23.4 Å². The molecule has 1 aliphatic carbocycles. The average molecular weight is 557 g/mol. The zero-order chi connectivity index (χ0) is 27.8. The summed E-state index contributed by atoms with van der Waals surface area (Å²) >= 11 is 1.43. The number of hydrogen-bond acceptors (Lipinski definition) is 5. The van der Waals surface area contributed by atoms with Gasteiger partial charge in [0.25, 0.3) is 5.56 Å². The van der Waals surface area contributed by atoms with Gasteiger partial charge < -0.3 is 9.47 Å². The van der Waals surface area contributed by atoms with Gasteiger partial charge in [-0.1, -0.05) is 96.3 Å². The Labute approximate surface area is 242 Å². The third-order valence-electron chi connectivity index (χ3n) is 7.75. The Morgan fingerprint density at radius 3 is 2.49 bits per heavy atom. The lowest BCUT2D eigenvalue weighted by Gasteiger charge is -2.30. The smallest absolute Gasteiger partial charge is 0.271 e. The highest BCUT2D eigenvalue weighted by molar-refractivity contribution is 7.07. The van der Waals surface area contributed by atoms with Crippen molar-refractivity contribution >= 4 is 23.1 Å². The van der Waals surface area contributed by atoms with Gasteiger partial charge in [0.2, 0.25) is 0 Å². The van der Waals surface area contributed by atoms with Crippen molar-refractivity contribution in [2.45, 2.75) is 25.5 Å². The van der Waals surface area contributed by atoms with Crippen LogP contribution in [0.4, 0.5) is 0 Å². The summed E-state index contributed by atoms with van der Waals surface area (Å²) in [7, 11) is 1.66. The molecule has 7 rings (SSSR count). The van der Waals surface area contributed by atoms with Crippen molar-refractivity contribution in [3.8, 4) is 11.5 Å². The summed E-state index contributed by atoms with van der Waals surface area (Å²) in [5.41, 5.74) is 7.59. The Morgan fingerprint density at radius 1 is 0.902 bits per heavy atom. The first kappa shape index (κ1) is 25.3. The highest BCUT2D eigenvalue weighted by Crippen LogP contribution is 2.41. The number of allylic oxidation sites excluding steroid dienone is 1. The zero-order valence-electron chi connectivity index (χ0n) is 22.6. The normalized spacial score (nSPS) is 15.9. The Kier molecular flexibility index (Phi) is 6.61. The van der Waals surface area contributed by atoms with Crippen LogP contribution in [-0.2, 0) is 13.0 Å². The maximum Gasteiger partial charge on any atom is 0.271 e. The van der Waals surface area contributed by atoms with Gasteiger partial charge in [-0.15, -0.1) is 0 Å². The number of aryl methyl sites for hydroxylation is 1. The van der Waals surface area contributed by atoms with Gasteiger partial charge in [0, 0.05) is 11.1 Å². The summed E-state index contributed by atoms with van der Waals surface area (Å²) in [4.78, 5) is 20.0. The monoisotopic (exact) mass is 556 g/mol. The highest BCUT2D eigenvalue weighted by Gasteiger charge is 2.32. The van der Waals surface area contributed by atoms with E-state index in [1.807, 2.05) is 77.4 Å². The largest absolute Gasteiger partial charge is 0.497 e. The maximum absolute atomic E-state index is 14.1. The molecule has 1 aliphatic heterocycles. The van der Waals surface area contributed by atoms with Crippen LogP contribution in [0.2, 0.25) is 0 Å². The van der Waals surface area contributed by atoms with Crippen molar-refractivity contribution in [2.24, 2.45) is 4.99 Å². The van der Waals surface area contributed by atoms with Crippen molar-refractivity contribution < 1.29 is 9.47 Å². The van der Waals surface area contributed by atoms with Crippen LogP contribution in [0.25, 0.3) is 11.8 Å². The Bertz CT molecular complexity index is 1950. The number of hydrogen-bond donors (Lipinski definition) is 0. The Morgan fingerprint density at radius 2 is 1.66 bits per heavy atom. The van der Waals surface area contributed by atoms with Crippen LogP contribution in [0.3, 0.4) is 0 Å². The van der Waals surface area contributed by atoms with Gasteiger partial charge in [-0.3, -0.25) is 9.36 Å². The number of methoxy groups -OCH3 is 1. The zero-order valence-corrected chi connectivity index (χ0v) is 23.4. The van der Waals surface area contributed by atoms with E-state index in [1.165, 1.54) is 22.5 Å². The van der Waals surface area contributed by atoms with E-state index in [1.54, 1.807) is 7.11 Å². The third-order valence-corrected chi connectivity index (χ3v) is 8.73. The molecule has 0 N–H and O–H groups in total. The van der Waals surface area contributed by atoms with Crippen LogP contribution in [0.5, 0.6) is 11.5 Å². The molecule has 202 valence electrons. The minimum absolute atomic E-state index is 0.0437. The molecule has 0 saturated carbocycles. The van der Waals surface area contributed by atoms with E-state index in [0.717, 1.165) is 52.3 Å². The van der Waals surface area contributed by atoms with Crippen LogP contribution in [0, 0.1) is 0 Å². The first-order valence-electron chi connectivity index (χ1n) is 13.7. The number of fused-ring (bicyclic) bond motifs is 3. The maximum atomic E-state index is 14.1. The van der Waals surface area contributed by atoms with E-state index < -0.39 is 0 Å². The lowest BCUT2D eigenvalue weighted by molar-refractivity contribution is 0.305. The summed E-state index contributed by atoms with van der Waals surface area (Å²) in [6.07, 6.45) is 3.71. The van der Waals surface area contributed by atoms with Crippen molar-refractivity contribution in [3.63, 3.8) is 0 Å². The second-order valence-corrected chi connectivity index (χ2v) is 11.2. The van der Waals surface area contributed by atoms with E-state index >= 15 is 0 Å². The average Bonchev–Trinajstić information content (AvgIpc) is 3.34. The fourth-order valence-electron chi connectivity index (χ4n) is 5.72. The summed E-state index contributed by atoms with van der Waals surface area (Å²) in [6, 6.07) is 34.2. The van der Waals surface area contributed by atoms with E-state index in [-0.39, 0.29) is 11.6 Å². The number of rotatable bonds is 6. The molecule has 0 fully saturated rings. The molecule has 0 spiro atoms. The van der Waals surface area contributed by atoms with Gasteiger partial charge in [0.1, 0.15) is 18.1 Å². The van der Waals surface area contributed by atoms with Crippen molar-refractivity contribution in [3.05, 3.63) is 156 Å². The van der Waals surface area contributed by atoms with E-state index in [9.17, 15) is 4.79 Å². The molecule has 0 unspecified atom stereocenters. The molecule has 1 aromatic heterocycles. The van der Waals surface area contributed by atoms with Gasteiger partial charge in [0.15, 0.2) is 4.80 Å². The second-order valence-electron chi connectivity index (χ2n) is 10.2. The predicted octanol–water partition coefficient (Wildman–Crippen LogP) is 5.91. The molecule has 0 bridgehead atoms. The molecule has 1 atom stereocenters. The number of aromatic nitrogens is 1. The Hall–Kier alpha value is -4.68. The number of benzene rings is 4. The van der Waals surface area contributed by atoms with Crippen LogP contribution in [0.1, 0.15) is 40.3 Å². The van der Waals surface area contributed by atoms with Crippen LogP contribution in [-0.4, -0.2) is 11.7 Å². The standard InChI is InChI=1S/C35H28N2O3S/c1-39-27-18-15-25(16-19-27)33-29-20-17-24-11-5-7-13-28(24)32(29)36-35-37(33)34(38)31(41-35)21-26-12-6-8-14-30(26)40-22-23-9-3-2-4-10-23/h2-16,18-19,21,33H,17,20,22H2,1H3/b31-21-/t33-/m1/s1. The molecule has 6 heteroatoms. The van der Waals surface area contributed by atoms with Crippen LogP contribution < -0.4 is 24.4 Å². The van der Waals surface area contributed by atoms with Gasteiger partial charge in [-0.05, 0) is 59.4 Å². The van der Waals surface area contributed by atoms with Gasteiger partial charge in [-0.25, -0.2) is 4.99 Å². The highest BCUT2D eigenvalue weighted by atomic mass is 32.1. The van der Waals surface area contributed by atoms with Crippen LogP contribution in [0.15, 0.2) is 118 Å². The lowest BCUT2D eigenvalue weighted by Crippen LogP contribution is -2.38. The Balaban J connectivity index is 1.36. The van der Waals surface area contributed by atoms with Crippen molar-refractivity contribution in [1.29, 1.82) is 0 Å². The fourth-order valence-corrected chi connectivity index (χ4v) is 6.71. The second kappa shape index (κ2) is 10.7. The number of ether oxygens (including phenoxy) is 2. The molecular weight excluding hydrogens is 528 g/mol. The molecule has 41 heavy (non-hydrogen) atoms. The van der Waals surface area contributed by atoms with Crippen molar-refractivity contribution in [1.82, 2.24) is 4.57 Å². The predicted molar refractivity (Wildman–Crippen MR) is 163 cm³/mol. The summed E-state index contributed by atoms with van der Waals surface area (Å²) < 4.78 is 14.1. The minimum atomic E-state index is -0.229. The van der Waals surface area contributed by atoms with Gasteiger partial charge in [-0.2, -0.15) is 0 Å². The summed E-state index contributed by atoms with van der Waals surface area (Å²) in [5.74, 6) is 1.53. The number of para-hydroxylation sites is 1. The summed E-state index contributed by atoms with van der Waals surface area (Å²) in [5, 5.41) is 0. The first-order chi connectivity index (χ1) is 20.2. The molecule has 4 aromatic carbocycles. The van der Waals surface area contributed by atoms with E-state index in [2.05, 4.69) is 36.4 Å². The fraction of sp³-hybridized carbons (Fsp3) is 0.143. The SMILES string of the molecule is COc1ccc([C@@H]2C3=C(N=c4s/c(=C\c5ccccc5OCc5ccccc5)c(=O)n42)c2ccccc2CC3)cc1. The quantitative estimate of drug-likeness (QED) is 0.262. The molecule has 2 heterocycles. The number of nitrogens with zero attached hydrogens (tertiary/aromatic N) is 2. The molecule has 5 aromatic rings. The van der Waals surface area contributed by atoms with E-state index in [4.69, 9.17) is 14.5 Å². The van der Waals surface area contributed by atoms with Crippen molar-refractivity contribution in [2.75, 3.05) is 7.11 Å². The van der Waals surface area contributed by atoms with Gasteiger partial charge >= 0.3 is 0 Å². The molecule has 0 radical (unpaired) electrons. The van der Waals surface area contributed by atoms with Crippen LogP contribution >= 0.6 is 11.3 Å². The molecule has 5 nitrogen and oxygen atoms in total. The third kappa shape index (κ3) is 4.70. The molecule has 0 saturated heterocycles. The molecule has 2 aliphatic rings. The topological polar surface area (TPSA) is 52.8 Å². The molecule has 0 amide bonds. The van der Waals surface area contributed by atoms with E-state index in [0.29, 0.717) is 15.9 Å². The first-order valence-corrected chi connectivity index (χ1v) is 14.5. The molecular formula is C35H28N2O3S.